The Hall–Kier alpha value is -1.21. The largest absolute Gasteiger partial charge is 0.417 e. The first-order valence-corrected chi connectivity index (χ1v) is 7.75. The van der Waals surface area contributed by atoms with E-state index in [4.69, 9.17) is 4.42 Å². The molecule has 0 radical (unpaired) electrons. The second-order valence-corrected chi connectivity index (χ2v) is 8.11. The Morgan fingerprint density at radius 2 is 1.56 bits per heavy atom. The molecule has 0 unspecified atom stereocenters. The summed E-state index contributed by atoms with van der Waals surface area (Å²) in [5.41, 5.74) is 2.92. The van der Waals surface area contributed by atoms with Crippen molar-refractivity contribution in [2.45, 2.75) is 39.0 Å². The molecule has 0 spiro atoms. The molecule has 3 nitrogen and oxygen atoms in total. The lowest BCUT2D eigenvalue weighted by Gasteiger charge is -2.20. The molecule has 0 aliphatic rings. The van der Waals surface area contributed by atoms with Crippen molar-refractivity contribution in [2.24, 2.45) is 0 Å². The Kier molecular flexibility index (Phi) is 4.13. The van der Waals surface area contributed by atoms with Crippen LogP contribution in [-0.4, -0.2) is 21.5 Å². The van der Waals surface area contributed by atoms with Crippen molar-refractivity contribution >= 4 is 13.6 Å². The van der Waals surface area contributed by atoms with Gasteiger partial charge in [-0.1, -0.05) is 45.9 Å². The van der Waals surface area contributed by atoms with Gasteiger partial charge in [0.25, 0.3) is 0 Å². The average molecular weight is 262 g/mol. The molecule has 1 heterocycles. The van der Waals surface area contributed by atoms with Crippen molar-refractivity contribution in [2.75, 3.05) is 0 Å². The molecular formula is C14H19N2OP. The van der Waals surface area contributed by atoms with Gasteiger partial charge in [-0.3, -0.25) is 0 Å². The summed E-state index contributed by atoms with van der Waals surface area (Å²) in [5.74, 6) is 0.624. The van der Waals surface area contributed by atoms with E-state index in [2.05, 4.69) is 37.9 Å². The van der Waals surface area contributed by atoms with Crippen LogP contribution in [0, 0.1) is 0 Å². The van der Waals surface area contributed by atoms with Gasteiger partial charge < -0.3 is 4.42 Å². The third-order valence-electron chi connectivity index (χ3n) is 2.77. The SMILES string of the molecule is CC(C)P(c1nnc(-c2ccccc2)o1)C(C)C. The van der Waals surface area contributed by atoms with Gasteiger partial charge in [-0.25, -0.2) is 0 Å². The highest BCUT2D eigenvalue weighted by atomic mass is 31.1. The van der Waals surface area contributed by atoms with Gasteiger partial charge in [-0.05, 0) is 31.4 Å². The van der Waals surface area contributed by atoms with E-state index in [1.54, 1.807) is 0 Å². The maximum absolute atomic E-state index is 5.86. The van der Waals surface area contributed by atoms with Crippen LogP contribution in [0.4, 0.5) is 0 Å². The summed E-state index contributed by atoms with van der Waals surface area (Å²) in [6.45, 7) is 8.88. The number of hydrogen-bond acceptors (Lipinski definition) is 3. The zero-order valence-corrected chi connectivity index (χ0v) is 12.2. The van der Waals surface area contributed by atoms with Crippen LogP contribution >= 0.6 is 7.92 Å². The highest BCUT2D eigenvalue weighted by Gasteiger charge is 2.25. The molecule has 0 bridgehead atoms. The Morgan fingerprint density at radius 3 is 2.11 bits per heavy atom. The second-order valence-electron chi connectivity index (χ2n) is 4.85. The number of rotatable bonds is 4. The number of nitrogens with zero attached hydrogens (tertiary/aromatic N) is 2. The third-order valence-corrected chi connectivity index (χ3v) is 5.62. The summed E-state index contributed by atoms with van der Waals surface area (Å²) >= 11 is 0. The smallest absolute Gasteiger partial charge is 0.248 e. The minimum absolute atomic E-state index is 0.384. The molecule has 0 saturated carbocycles. The fraction of sp³-hybridized carbons (Fsp3) is 0.429. The van der Waals surface area contributed by atoms with E-state index in [0.717, 1.165) is 11.2 Å². The molecule has 0 saturated heterocycles. The van der Waals surface area contributed by atoms with Gasteiger partial charge in [0.2, 0.25) is 11.5 Å². The first-order chi connectivity index (χ1) is 8.59. The fourth-order valence-electron chi connectivity index (χ4n) is 2.06. The topological polar surface area (TPSA) is 38.9 Å². The van der Waals surface area contributed by atoms with E-state index in [-0.39, 0.29) is 7.92 Å². The molecule has 2 rings (SSSR count). The second kappa shape index (κ2) is 5.62. The van der Waals surface area contributed by atoms with Gasteiger partial charge in [0.15, 0.2) is 0 Å². The lowest BCUT2D eigenvalue weighted by molar-refractivity contribution is 0.603. The van der Waals surface area contributed by atoms with Crippen LogP contribution in [0.15, 0.2) is 34.7 Å². The minimum Gasteiger partial charge on any atom is -0.417 e. The van der Waals surface area contributed by atoms with E-state index >= 15 is 0 Å². The van der Waals surface area contributed by atoms with Crippen molar-refractivity contribution in [3.63, 3.8) is 0 Å². The predicted octanol–water partition coefficient (Wildman–Crippen LogP) is 3.66. The zero-order valence-electron chi connectivity index (χ0n) is 11.3. The standard InChI is InChI=1S/C14H19N2OP/c1-10(2)18(11(3)4)14-16-15-13(17-14)12-8-6-5-7-9-12/h5-11H,1-4H3. The molecule has 0 atom stereocenters. The maximum atomic E-state index is 5.86. The van der Waals surface area contributed by atoms with Crippen LogP contribution in [0.5, 0.6) is 0 Å². The fourth-order valence-corrected chi connectivity index (χ4v) is 4.47. The number of hydrogen-bond donors (Lipinski definition) is 0. The lowest BCUT2D eigenvalue weighted by atomic mass is 10.2. The monoisotopic (exact) mass is 262 g/mol. The van der Waals surface area contributed by atoms with Crippen LogP contribution in [0.2, 0.25) is 0 Å². The van der Waals surface area contributed by atoms with Crippen LogP contribution in [0.25, 0.3) is 11.5 Å². The van der Waals surface area contributed by atoms with Gasteiger partial charge in [0.05, 0.1) is 0 Å². The van der Waals surface area contributed by atoms with Crippen LogP contribution in [-0.2, 0) is 0 Å². The summed E-state index contributed by atoms with van der Waals surface area (Å²) in [4.78, 5) is 0. The van der Waals surface area contributed by atoms with Crippen LogP contribution < -0.4 is 5.63 Å². The Bertz CT molecular complexity index is 486. The zero-order chi connectivity index (χ0) is 13.1. The summed E-state index contributed by atoms with van der Waals surface area (Å²) in [6, 6.07) is 9.92. The van der Waals surface area contributed by atoms with E-state index < -0.39 is 0 Å². The molecule has 0 aliphatic heterocycles. The molecule has 2 aromatic rings. The Morgan fingerprint density at radius 1 is 0.944 bits per heavy atom. The van der Waals surface area contributed by atoms with Crippen LogP contribution in [0.1, 0.15) is 27.7 Å². The van der Waals surface area contributed by atoms with Gasteiger partial charge in [0.1, 0.15) is 0 Å². The van der Waals surface area contributed by atoms with Gasteiger partial charge in [0, 0.05) is 5.56 Å². The summed E-state index contributed by atoms with van der Waals surface area (Å²) < 4.78 is 5.86. The summed E-state index contributed by atoms with van der Waals surface area (Å²) in [7, 11) is -0.384. The number of benzene rings is 1. The van der Waals surface area contributed by atoms with E-state index in [0.29, 0.717) is 17.2 Å². The lowest BCUT2D eigenvalue weighted by Crippen LogP contribution is -2.15. The highest BCUT2D eigenvalue weighted by Crippen LogP contribution is 2.44. The van der Waals surface area contributed by atoms with Crippen molar-refractivity contribution in [1.82, 2.24) is 10.2 Å². The van der Waals surface area contributed by atoms with Gasteiger partial charge in [-0.15, -0.1) is 10.2 Å². The van der Waals surface area contributed by atoms with E-state index in [1.807, 2.05) is 30.3 Å². The molecule has 4 heteroatoms. The Balaban J connectivity index is 2.30. The predicted molar refractivity (Wildman–Crippen MR) is 76.6 cm³/mol. The quantitative estimate of drug-likeness (QED) is 0.789. The molecular weight excluding hydrogens is 243 g/mol. The highest BCUT2D eigenvalue weighted by molar-refractivity contribution is 7.66. The van der Waals surface area contributed by atoms with Crippen molar-refractivity contribution in [1.29, 1.82) is 0 Å². The van der Waals surface area contributed by atoms with Crippen LogP contribution in [0.3, 0.4) is 0 Å². The molecule has 0 N–H and O–H groups in total. The molecule has 0 amide bonds. The summed E-state index contributed by atoms with van der Waals surface area (Å²) in [6.07, 6.45) is 0. The molecule has 18 heavy (non-hydrogen) atoms. The minimum atomic E-state index is -0.384. The van der Waals surface area contributed by atoms with Crippen molar-refractivity contribution in [3.05, 3.63) is 30.3 Å². The van der Waals surface area contributed by atoms with Crippen molar-refractivity contribution in [3.8, 4) is 11.5 Å². The average Bonchev–Trinajstić information content (AvgIpc) is 2.78. The Labute approximate surface area is 109 Å². The molecule has 0 fully saturated rings. The van der Waals surface area contributed by atoms with Crippen molar-refractivity contribution < 1.29 is 4.42 Å². The first kappa shape index (κ1) is 13.2. The van der Waals surface area contributed by atoms with E-state index in [1.165, 1.54) is 0 Å². The molecule has 1 aromatic heterocycles. The summed E-state index contributed by atoms with van der Waals surface area (Å²) in [5, 5.41) is 8.42. The van der Waals surface area contributed by atoms with Gasteiger partial charge in [-0.2, -0.15) is 0 Å². The maximum Gasteiger partial charge on any atom is 0.248 e. The first-order valence-electron chi connectivity index (χ1n) is 6.27. The molecule has 0 aliphatic carbocycles. The number of aromatic nitrogens is 2. The van der Waals surface area contributed by atoms with Gasteiger partial charge >= 0.3 is 0 Å². The molecule has 96 valence electrons. The van der Waals surface area contributed by atoms with E-state index in [9.17, 15) is 0 Å². The molecule has 1 aromatic carbocycles. The third kappa shape index (κ3) is 2.78. The normalized spacial score (nSPS) is 11.7.